The van der Waals surface area contributed by atoms with Crippen LogP contribution in [0.2, 0.25) is 0 Å². The van der Waals surface area contributed by atoms with Crippen LogP contribution < -0.4 is 4.90 Å². The molecule has 1 aliphatic heterocycles. The normalized spacial score (nSPS) is 19.4. The van der Waals surface area contributed by atoms with E-state index in [1.54, 1.807) is 4.90 Å². The predicted molar refractivity (Wildman–Crippen MR) is 68.7 cm³/mol. The summed E-state index contributed by atoms with van der Waals surface area (Å²) in [6.45, 7) is 6.20. The Morgan fingerprint density at radius 3 is 2.28 bits per heavy atom. The van der Waals surface area contributed by atoms with E-state index < -0.39 is 11.9 Å². The van der Waals surface area contributed by atoms with Crippen LogP contribution in [0.4, 0.5) is 5.69 Å². The van der Waals surface area contributed by atoms with Crippen LogP contribution in [0, 0.1) is 26.7 Å². The molecule has 0 aliphatic carbocycles. The van der Waals surface area contributed by atoms with Gasteiger partial charge in [0.2, 0.25) is 5.91 Å². The first-order chi connectivity index (χ1) is 8.40. The fourth-order valence-corrected chi connectivity index (χ4v) is 2.69. The van der Waals surface area contributed by atoms with Crippen molar-refractivity contribution in [3.63, 3.8) is 0 Å². The number of rotatable bonds is 2. The number of hydrogen-bond donors (Lipinski definition) is 1. The van der Waals surface area contributed by atoms with E-state index in [4.69, 9.17) is 5.11 Å². The van der Waals surface area contributed by atoms with Crippen molar-refractivity contribution in [2.45, 2.75) is 27.2 Å². The molecule has 1 atom stereocenters. The van der Waals surface area contributed by atoms with Gasteiger partial charge in [0.1, 0.15) is 0 Å². The third-order valence-corrected chi connectivity index (χ3v) is 3.38. The highest BCUT2D eigenvalue weighted by atomic mass is 16.4. The van der Waals surface area contributed by atoms with E-state index in [0.29, 0.717) is 0 Å². The van der Waals surface area contributed by atoms with Crippen molar-refractivity contribution in [2.75, 3.05) is 11.4 Å². The number of anilines is 1. The zero-order valence-corrected chi connectivity index (χ0v) is 10.9. The van der Waals surface area contributed by atoms with Crippen LogP contribution in [0.3, 0.4) is 0 Å². The molecule has 96 valence electrons. The molecule has 2 rings (SSSR count). The number of amides is 1. The van der Waals surface area contributed by atoms with Crippen LogP contribution in [-0.4, -0.2) is 23.5 Å². The van der Waals surface area contributed by atoms with E-state index in [-0.39, 0.29) is 18.9 Å². The van der Waals surface area contributed by atoms with E-state index in [1.807, 2.05) is 32.9 Å². The van der Waals surface area contributed by atoms with Crippen LogP contribution in [0.25, 0.3) is 0 Å². The number of aliphatic carboxylic acids is 1. The molecule has 1 aromatic rings. The summed E-state index contributed by atoms with van der Waals surface area (Å²) in [4.78, 5) is 24.5. The number of carbonyl (C=O) groups is 2. The first-order valence-corrected chi connectivity index (χ1v) is 6.01. The molecule has 1 amide bonds. The van der Waals surface area contributed by atoms with Gasteiger partial charge in [-0.15, -0.1) is 0 Å². The summed E-state index contributed by atoms with van der Waals surface area (Å²) in [6, 6.07) is 4.04. The highest BCUT2D eigenvalue weighted by Crippen LogP contribution is 2.31. The summed E-state index contributed by atoms with van der Waals surface area (Å²) in [5.41, 5.74) is 4.06. The Bertz CT molecular complexity index is 499. The van der Waals surface area contributed by atoms with E-state index in [9.17, 15) is 9.59 Å². The molecule has 1 N–H and O–H groups in total. The zero-order chi connectivity index (χ0) is 13.4. The average Bonchev–Trinajstić information content (AvgIpc) is 2.59. The number of carboxylic acids is 1. The molecular weight excluding hydrogens is 230 g/mol. The SMILES string of the molecule is Cc1cc(C)c(N2CC(C(=O)O)CC2=O)c(C)c1. The number of aryl methyl sites for hydroxylation is 3. The molecule has 0 radical (unpaired) electrons. The van der Waals surface area contributed by atoms with Crippen LogP contribution in [0.15, 0.2) is 12.1 Å². The van der Waals surface area contributed by atoms with Gasteiger partial charge in [-0.25, -0.2) is 0 Å². The van der Waals surface area contributed by atoms with Crippen LogP contribution in [-0.2, 0) is 9.59 Å². The van der Waals surface area contributed by atoms with Gasteiger partial charge in [-0.1, -0.05) is 17.7 Å². The van der Waals surface area contributed by atoms with Crippen molar-refractivity contribution < 1.29 is 14.7 Å². The third-order valence-electron chi connectivity index (χ3n) is 3.38. The van der Waals surface area contributed by atoms with E-state index in [2.05, 4.69) is 0 Å². The quantitative estimate of drug-likeness (QED) is 0.870. The molecule has 1 heterocycles. The molecule has 1 aliphatic rings. The van der Waals surface area contributed by atoms with Crippen LogP contribution in [0.1, 0.15) is 23.1 Å². The molecule has 18 heavy (non-hydrogen) atoms. The lowest BCUT2D eigenvalue weighted by Gasteiger charge is -2.21. The molecule has 1 fully saturated rings. The Morgan fingerprint density at radius 2 is 1.83 bits per heavy atom. The van der Waals surface area contributed by atoms with Gasteiger partial charge in [-0.3, -0.25) is 9.59 Å². The second-order valence-corrected chi connectivity index (χ2v) is 4.99. The molecule has 4 nitrogen and oxygen atoms in total. The van der Waals surface area contributed by atoms with Gasteiger partial charge in [-0.05, 0) is 31.9 Å². The van der Waals surface area contributed by atoms with E-state index >= 15 is 0 Å². The Labute approximate surface area is 106 Å². The second-order valence-electron chi connectivity index (χ2n) is 4.99. The Hall–Kier alpha value is -1.84. The minimum absolute atomic E-state index is 0.0993. The largest absolute Gasteiger partial charge is 0.481 e. The molecule has 0 saturated carbocycles. The lowest BCUT2D eigenvalue weighted by atomic mass is 10.0. The number of hydrogen-bond acceptors (Lipinski definition) is 2. The summed E-state index contributed by atoms with van der Waals surface area (Å²) in [5, 5.41) is 9.00. The summed E-state index contributed by atoms with van der Waals surface area (Å²) >= 11 is 0. The number of nitrogens with zero attached hydrogens (tertiary/aromatic N) is 1. The van der Waals surface area contributed by atoms with Crippen molar-refractivity contribution in [3.8, 4) is 0 Å². The molecule has 0 aromatic heterocycles. The van der Waals surface area contributed by atoms with E-state index in [1.165, 1.54) is 0 Å². The maximum atomic E-state index is 11.9. The van der Waals surface area contributed by atoms with Crippen molar-refractivity contribution in [2.24, 2.45) is 5.92 Å². The smallest absolute Gasteiger partial charge is 0.308 e. The Kier molecular flexibility index (Phi) is 3.11. The van der Waals surface area contributed by atoms with Gasteiger partial charge in [0, 0.05) is 18.7 Å². The molecule has 1 unspecified atom stereocenters. The van der Waals surface area contributed by atoms with Crippen molar-refractivity contribution >= 4 is 17.6 Å². The standard InChI is InChI=1S/C14H17NO3/c1-8-4-9(2)13(10(3)5-8)15-7-11(14(17)18)6-12(15)16/h4-5,11H,6-7H2,1-3H3,(H,17,18). The highest BCUT2D eigenvalue weighted by Gasteiger charge is 2.36. The molecule has 0 spiro atoms. The first kappa shape index (κ1) is 12.6. The number of carbonyl (C=O) groups excluding carboxylic acids is 1. The number of benzene rings is 1. The maximum Gasteiger partial charge on any atom is 0.308 e. The van der Waals surface area contributed by atoms with Crippen LogP contribution in [0.5, 0.6) is 0 Å². The summed E-state index contributed by atoms with van der Waals surface area (Å²) in [6.07, 6.45) is 0.0993. The molecular formula is C14H17NO3. The summed E-state index contributed by atoms with van der Waals surface area (Å²) < 4.78 is 0. The molecule has 1 aromatic carbocycles. The fraction of sp³-hybridized carbons (Fsp3) is 0.429. The Balaban J connectivity index is 2.39. The van der Waals surface area contributed by atoms with E-state index in [0.717, 1.165) is 22.4 Å². The van der Waals surface area contributed by atoms with Gasteiger partial charge in [-0.2, -0.15) is 0 Å². The zero-order valence-electron chi connectivity index (χ0n) is 10.9. The fourth-order valence-electron chi connectivity index (χ4n) is 2.69. The van der Waals surface area contributed by atoms with Crippen LogP contribution >= 0.6 is 0 Å². The average molecular weight is 247 g/mol. The van der Waals surface area contributed by atoms with Crippen molar-refractivity contribution in [1.82, 2.24) is 0 Å². The first-order valence-electron chi connectivity index (χ1n) is 6.01. The predicted octanol–water partition coefficient (Wildman–Crippen LogP) is 2.05. The maximum absolute atomic E-state index is 11.9. The van der Waals surface area contributed by atoms with Gasteiger partial charge < -0.3 is 10.0 Å². The van der Waals surface area contributed by atoms with Gasteiger partial charge in [0.15, 0.2) is 0 Å². The van der Waals surface area contributed by atoms with Gasteiger partial charge in [0.05, 0.1) is 5.92 Å². The lowest BCUT2D eigenvalue weighted by Crippen LogP contribution is -2.27. The number of carboxylic acid groups (broad SMARTS) is 1. The highest BCUT2D eigenvalue weighted by molar-refractivity contribution is 6.00. The molecule has 0 bridgehead atoms. The minimum atomic E-state index is -0.895. The third kappa shape index (κ3) is 2.10. The summed E-state index contributed by atoms with van der Waals surface area (Å²) in [5.74, 6) is -1.58. The minimum Gasteiger partial charge on any atom is -0.481 e. The summed E-state index contributed by atoms with van der Waals surface area (Å²) in [7, 11) is 0. The van der Waals surface area contributed by atoms with Crippen molar-refractivity contribution in [3.05, 3.63) is 28.8 Å². The monoisotopic (exact) mass is 247 g/mol. The molecule has 4 heteroatoms. The topological polar surface area (TPSA) is 57.6 Å². The van der Waals surface area contributed by atoms with Crippen molar-refractivity contribution in [1.29, 1.82) is 0 Å². The Morgan fingerprint density at radius 1 is 1.28 bits per heavy atom. The van der Waals surface area contributed by atoms with Gasteiger partial charge in [0.25, 0.3) is 0 Å². The van der Waals surface area contributed by atoms with Gasteiger partial charge >= 0.3 is 5.97 Å². The second kappa shape index (κ2) is 4.44. The molecule has 1 saturated heterocycles. The lowest BCUT2D eigenvalue weighted by molar-refractivity contribution is -0.141.